The van der Waals surface area contributed by atoms with Crippen LogP contribution in [0.1, 0.15) is 36.6 Å². The highest BCUT2D eigenvalue weighted by atomic mass is 15.0. The highest BCUT2D eigenvalue weighted by Gasteiger charge is 2.15. The van der Waals surface area contributed by atoms with Crippen LogP contribution in [0.3, 0.4) is 0 Å². The second kappa shape index (κ2) is 7.93. The lowest BCUT2D eigenvalue weighted by atomic mass is 9.91. The lowest BCUT2D eigenvalue weighted by Gasteiger charge is -2.24. The fourth-order valence-corrected chi connectivity index (χ4v) is 2.41. The van der Waals surface area contributed by atoms with E-state index in [1.54, 1.807) is 0 Å². The molecule has 0 saturated carbocycles. The van der Waals surface area contributed by atoms with Gasteiger partial charge in [-0.05, 0) is 29.5 Å². The van der Waals surface area contributed by atoms with Crippen LogP contribution in [0.2, 0.25) is 0 Å². The molecule has 0 heterocycles. The summed E-state index contributed by atoms with van der Waals surface area (Å²) in [5.74, 6) is 0. The van der Waals surface area contributed by atoms with Crippen LogP contribution in [0.15, 0.2) is 43.5 Å². The smallest absolute Gasteiger partial charge is 0.0449 e. The van der Waals surface area contributed by atoms with Crippen molar-refractivity contribution in [2.75, 3.05) is 6.54 Å². The van der Waals surface area contributed by atoms with E-state index in [-0.39, 0.29) is 6.04 Å². The minimum atomic E-state index is 0.194. The van der Waals surface area contributed by atoms with Crippen molar-refractivity contribution >= 4 is 0 Å². The highest BCUT2D eigenvalue weighted by molar-refractivity contribution is 5.40. The van der Waals surface area contributed by atoms with E-state index in [9.17, 15) is 0 Å². The van der Waals surface area contributed by atoms with Crippen molar-refractivity contribution in [1.82, 2.24) is 5.32 Å². The second-order valence-corrected chi connectivity index (χ2v) is 5.08. The molecule has 0 bridgehead atoms. The minimum absolute atomic E-state index is 0.194. The number of nitrogens with two attached hydrogens (primary N) is 1. The van der Waals surface area contributed by atoms with Crippen molar-refractivity contribution in [3.63, 3.8) is 0 Å². The van der Waals surface area contributed by atoms with Gasteiger partial charge in [-0.2, -0.15) is 0 Å². The molecule has 19 heavy (non-hydrogen) atoms. The first-order valence-electron chi connectivity index (χ1n) is 6.92. The summed E-state index contributed by atoms with van der Waals surface area (Å²) in [5, 5.41) is 3.53. The van der Waals surface area contributed by atoms with Gasteiger partial charge in [-0.25, -0.2) is 0 Å². The van der Waals surface area contributed by atoms with Crippen LogP contribution in [-0.2, 0) is 12.8 Å². The lowest BCUT2D eigenvalue weighted by molar-refractivity contribution is 0.481. The molecule has 0 aliphatic rings. The molecule has 1 aromatic carbocycles. The zero-order valence-corrected chi connectivity index (χ0v) is 12.2. The second-order valence-electron chi connectivity index (χ2n) is 5.08. The van der Waals surface area contributed by atoms with Crippen molar-refractivity contribution in [3.05, 3.63) is 60.2 Å². The molecule has 0 fully saturated rings. The van der Waals surface area contributed by atoms with Crippen LogP contribution in [0.4, 0.5) is 0 Å². The first-order chi connectivity index (χ1) is 9.13. The van der Waals surface area contributed by atoms with E-state index in [0.717, 1.165) is 12.8 Å². The van der Waals surface area contributed by atoms with Gasteiger partial charge in [-0.1, -0.05) is 44.2 Å². The molecule has 0 aliphatic carbocycles. The van der Waals surface area contributed by atoms with E-state index in [2.05, 4.69) is 50.5 Å². The quantitative estimate of drug-likeness (QED) is 0.703. The molecule has 1 unspecified atom stereocenters. The first kappa shape index (κ1) is 15.7. The van der Waals surface area contributed by atoms with Gasteiger partial charge in [0.25, 0.3) is 0 Å². The largest absolute Gasteiger partial charge is 0.329 e. The average Bonchev–Trinajstić information content (AvgIpc) is 2.38. The van der Waals surface area contributed by atoms with E-state index in [0.29, 0.717) is 12.6 Å². The molecule has 1 rings (SSSR count). The number of hydrogen-bond donors (Lipinski definition) is 2. The van der Waals surface area contributed by atoms with Gasteiger partial charge in [0.1, 0.15) is 0 Å². The number of hydrogen-bond acceptors (Lipinski definition) is 2. The molecule has 0 aliphatic heterocycles. The van der Waals surface area contributed by atoms with Gasteiger partial charge in [0.15, 0.2) is 0 Å². The van der Waals surface area contributed by atoms with Crippen LogP contribution in [-0.4, -0.2) is 12.6 Å². The fraction of sp³-hybridized carbons (Fsp3) is 0.412. The van der Waals surface area contributed by atoms with E-state index >= 15 is 0 Å². The number of rotatable bonds is 8. The zero-order chi connectivity index (χ0) is 14.3. The molecule has 1 aromatic rings. The average molecular weight is 258 g/mol. The van der Waals surface area contributed by atoms with Crippen molar-refractivity contribution in [2.24, 2.45) is 5.73 Å². The Morgan fingerprint density at radius 3 is 2.42 bits per heavy atom. The summed E-state index contributed by atoms with van der Waals surface area (Å²) < 4.78 is 0. The Morgan fingerprint density at radius 1 is 1.21 bits per heavy atom. The van der Waals surface area contributed by atoms with Crippen molar-refractivity contribution in [3.8, 4) is 0 Å². The summed E-state index contributed by atoms with van der Waals surface area (Å²) in [6, 6.07) is 7.03. The Balaban J connectivity index is 3.18. The monoisotopic (exact) mass is 258 g/mol. The molecule has 3 N–H and O–H groups in total. The Bertz CT molecular complexity index is 421. The normalized spacial score (nSPS) is 12.4. The molecular weight excluding hydrogens is 232 g/mol. The summed E-state index contributed by atoms with van der Waals surface area (Å²) in [5.41, 5.74) is 9.87. The molecule has 1 atom stereocenters. The Hall–Kier alpha value is -1.38. The molecule has 2 nitrogen and oxygen atoms in total. The maximum absolute atomic E-state index is 5.93. The summed E-state index contributed by atoms with van der Waals surface area (Å²) in [6.45, 7) is 12.6. The Labute approximate surface area is 117 Å². The maximum atomic E-state index is 5.93. The molecule has 0 amide bonds. The minimum Gasteiger partial charge on any atom is -0.329 e. The third-order valence-electron chi connectivity index (χ3n) is 3.17. The molecule has 0 spiro atoms. The van der Waals surface area contributed by atoms with Gasteiger partial charge >= 0.3 is 0 Å². The van der Waals surface area contributed by atoms with Gasteiger partial charge in [0, 0.05) is 18.6 Å². The summed E-state index contributed by atoms with van der Waals surface area (Å²) in [6.07, 6.45) is 5.65. The first-order valence-corrected chi connectivity index (χ1v) is 6.92. The Kier molecular flexibility index (Phi) is 6.54. The van der Waals surface area contributed by atoms with Crippen LogP contribution < -0.4 is 11.1 Å². The molecule has 2 heteroatoms. The lowest BCUT2D eigenvalue weighted by Crippen LogP contribution is -2.34. The maximum Gasteiger partial charge on any atom is 0.0449 e. The summed E-state index contributed by atoms with van der Waals surface area (Å²) in [4.78, 5) is 0. The van der Waals surface area contributed by atoms with Gasteiger partial charge in [-0.15, -0.1) is 13.2 Å². The standard InChI is InChI=1S/C17H26N2/c1-5-8-14-10-7-11-16(15(14)9-6-2)17(12-18)19-13(3)4/h5-7,10-11,13,17,19H,1-2,8-9,12,18H2,3-4H3. The molecule has 0 radical (unpaired) electrons. The Morgan fingerprint density at radius 2 is 1.89 bits per heavy atom. The predicted molar refractivity (Wildman–Crippen MR) is 84.3 cm³/mol. The van der Waals surface area contributed by atoms with Crippen molar-refractivity contribution < 1.29 is 0 Å². The zero-order valence-electron chi connectivity index (χ0n) is 12.2. The predicted octanol–water partition coefficient (Wildman–Crippen LogP) is 3.14. The van der Waals surface area contributed by atoms with Gasteiger partial charge in [0.05, 0.1) is 0 Å². The molecular formula is C17H26N2. The number of nitrogens with one attached hydrogen (secondary N) is 1. The molecule has 0 saturated heterocycles. The van der Waals surface area contributed by atoms with E-state index in [1.165, 1.54) is 16.7 Å². The van der Waals surface area contributed by atoms with E-state index in [1.807, 2.05) is 12.2 Å². The topological polar surface area (TPSA) is 38.0 Å². The van der Waals surface area contributed by atoms with E-state index < -0.39 is 0 Å². The fourth-order valence-electron chi connectivity index (χ4n) is 2.41. The van der Waals surface area contributed by atoms with Gasteiger partial charge in [-0.3, -0.25) is 0 Å². The van der Waals surface area contributed by atoms with E-state index in [4.69, 9.17) is 5.73 Å². The van der Waals surface area contributed by atoms with Crippen LogP contribution >= 0.6 is 0 Å². The summed E-state index contributed by atoms with van der Waals surface area (Å²) in [7, 11) is 0. The number of benzene rings is 1. The molecule has 0 aromatic heterocycles. The highest BCUT2D eigenvalue weighted by Crippen LogP contribution is 2.23. The van der Waals surface area contributed by atoms with Gasteiger partial charge < -0.3 is 11.1 Å². The summed E-state index contributed by atoms with van der Waals surface area (Å²) >= 11 is 0. The van der Waals surface area contributed by atoms with Crippen LogP contribution in [0.5, 0.6) is 0 Å². The third-order valence-corrected chi connectivity index (χ3v) is 3.17. The van der Waals surface area contributed by atoms with Crippen molar-refractivity contribution in [2.45, 2.75) is 38.8 Å². The van der Waals surface area contributed by atoms with Crippen molar-refractivity contribution in [1.29, 1.82) is 0 Å². The van der Waals surface area contributed by atoms with Crippen LogP contribution in [0, 0.1) is 0 Å². The third kappa shape index (κ3) is 4.34. The van der Waals surface area contributed by atoms with Gasteiger partial charge in [0.2, 0.25) is 0 Å². The molecule has 104 valence electrons. The number of allylic oxidation sites excluding steroid dienone is 2. The van der Waals surface area contributed by atoms with Crippen LogP contribution in [0.25, 0.3) is 0 Å². The SMILES string of the molecule is C=CCc1cccc(C(CN)NC(C)C)c1CC=C.